The van der Waals surface area contributed by atoms with Crippen LogP contribution in [0.15, 0.2) is 24.3 Å². The van der Waals surface area contributed by atoms with E-state index in [0.29, 0.717) is 18.7 Å². The largest absolute Gasteiger partial charge is 0.444 e. The van der Waals surface area contributed by atoms with Crippen LogP contribution in [0.25, 0.3) is 0 Å². The van der Waals surface area contributed by atoms with Crippen molar-refractivity contribution in [3.63, 3.8) is 0 Å². The van der Waals surface area contributed by atoms with Crippen LogP contribution in [0.2, 0.25) is 0 Å². The van der Waals surface area contributed by atoms with E-state index in [1.807, 2.05) is 32.9 Å². The lowest BCUT2D eigenvalue weighted by molar-refractivity contribution is 0.0530. The fraction of sp³-hybridized carbons (Fsp3) is 0.467. The Labute approximate surface area is 119 Å². The monoisotopic (exact) mass is 278 g/mol. The molecule has 1 rings (SSSR count). The third-order valence-corrected chi connectivity index (χ3v) is 2.41. The predicted molar refractivity (Wildman–Crippen MR) is 79.2 cm³/mol. The van der Waals surface area contributed by atoms with Gasteiger partial charge in [-0.15, -0.1) is 0 Å². The molecule has 5 nitrogen and oxygen atoms in total. The van der Waals surface area contributed by atoms with Gasteiger partial charge in [-0.2, -0.15) is 0 Å². The fourth-order valence-corrected chi connectivity index (χ4v) is 1.51. The second kappa shape index (κ2) is 6.93. The zero-order chi connectivity index (χ0) is 15.2. The molecule has 0 heterocycles. The number of ketones is 1. The van der Waals surface area contributed by atoms with Crippen LogP contribution in [0.1, 0.15) is 38.1 Å². The number of hydrogen-bond donors (Lipinski definition) is 2. The SMILES string of the molecule is CC(=O)c1ccc(NCCNC(=O)OC(C)(C)C)cc1. The summed E-state index contributed by atoms with van der Waals surface area (Å²) >= 11 is 0. The van der Waals surface area contributed by atoms with E-state index in [1.165, 1.54) is 6.92 Å². The second-order valence-corrected chi connectivity index (χ2v) is 5.49. The third kappa shape index (κ3) is 6.22. The fourth-order valence-electron chi connectivity index (χ4n) is 1.51. The zero-order valence-corrected chi connectivity index (χ0v) is 12.4. The normalized spacial score (nSPS) is 10.8. The molecule has 0 aliphatic rings. The van der Waals surface area contributed by atoms with Gasteiger partial charge in [0.2, 0.25) is 0 Å². The van der Waals surface area contributed by atoms with Crippen molar-refractivity contribution in [1.82, 2.24) is 5.32 Å². The molecule has 1 amide bonds. The van der Waals surface area contributed by atoms with Gasteiger partial charge >= 0.3 is 6.09 Å². The van der Waals surface area contributed by atoms with Gasteiger partial charge in [-0.25, -0.2) is 4.79 Å². The van der Waals surface area contributed by atoms with Crippen LogP contribution in [0.5, 0.6) is 0 Å². The average Bonchev–Trinajstić information content (AvgIpc) is 2.33. The number of rotatable bonds is 5. The number of amides is 1. The first-order valence-corrected chi connectivity index (χ1v) is 6.59. The molecule has 0 aromatic heterocycles. The molecule has 2 N–H and O–H groups in total. The van der Waals surface area contributed by atoms with E-state index in [2.05, 4.69) is 10.6 Å². The molecule has 0 radical (unpaired) electrons. The minimum absolute atomic E-state index is 0.0446. The molecule has 1 aromatic carbocycles. The molecule has 20 heavy (non-hydrogen) atoms. The molecule has 0 spiro atoms. The zero-order valence-electron chi connectivity index (χ0n) is 12.4. The van der Waals surface area contributed by atoms with Crippen LogP contribution < -0.4 is 10.6 Å². The maximum absolute atomic E-state index is 11.4. The quantitative estimate of drug-likeness (QED) is 0.642. The van der Waals surface area contributed by atoms with E-state index in [4.69, 9.17) is 4.74 Å². The molecule has 0 aliphatic carbocycles. The highest BCUT2D eigenvalue weighted by Crippen LogP contribution is 2.09. The molecule has 0 fully saturated rings. The van der Waals surface area contributed by atoms with Gasteiger partial charge in [-0.05, 0) is 52.0 Å². The summed E-state index contributed by atoms with van der Waals surface area (Å²) in [5.41, 5.74) is 1.10. The summed E-state index contributed by atoms with van der Waals surface area (Å²) in [7, 11) is 0. The second-order valence-electron chi connectivity index (χ2n) is 5.49. The Morgan fingerprint density at radius 1 is 1.10 bits per heavy atom. The van der Waals surface area contributed by atoms with Crippen LogP contribution in [-0.2, 0) is 4.74 Å². The molecule has 0 saturated heterocycles. The standard InChI is InChI=1S/C15H22N2O3/c1-11(18)12-5-7-13(8-6-12)16-9-10-17-14(19)20-15(2,3)4/h5-8,16H,9-10H2,1-4H3,(H,17,19). The van der Waals surface area contributed by atoms with Gasteiger partial charge in [-0.1, -0.05) is 0 Å². The number of Topliss-reactive ketones (excluding diaryl/α,β-unsaturated/α-hetero) is 1. The average molecular weight is 278 g/mol. The van der Waals surface area contributed by atoms with Crippen LogP contribution >= 0.6 is 0 Å². The van der Waals surface area contributed by atoms with Crippen LogP contribution in [0.4, 0.5) is 10.5 Å². The van der Waals surface area contributed by atoms with Crippen molar-refractivity contribution in [3.8, 4) is 0 Å². The van der Waals surface area contributed by atoms with Gasteiger partial charge in [0.05, 0.1) is 0 Å². The Kier molecular flexibility index (Phi) is 5.55. The van der Waals surface area contributed by atoms with Gasteiger partial charge in [0.15, 0.2) is 5.78 Å². The summed E-state index contributed by atoms with van der Waals surface area (Å²) in [4.78, 5) is 22.5. The highest BCUT2D eigenvalue weighted by atomic mass is 16.6. The maximum atomic E-state index is 11.4. The Morgan fingerprint density at radius 2 is 1.70 bits per heavy atom. The van der Waals surface area contributed by atoms with Gasteiger partial charge in [0.25, 0.3) is 0 Å². The number of carbonyl (C=O) groups is 2. The summed E-state index contributed by atoms with van der Waals surface area (Å²) in [5, 5.41) is 5.81. The first-order valence-electron chi connectivity index (χ1n) is 6.59. The van der Waals surface area contributed by atoms with E-state index in [1.54, 1.807) is 12.1 Å². The van der Waals surface area contributed by atoms with Crippen molar-refractivity contribution in [2.24, 2.45) is 0 Å². The highest BCUT2D eigenvalue weighted by Gasteiger charge is 2.15. The van der Waals surface area contributed by atoms with Gasteiger partial charge in [-0.3, -0.25) is 4.79 Å². The van der Waals surface area contributed by atoms with Crippen LogP contribution in [0.3, 0.4) is 0 Å². The summed E-state index contributed by atoms with van der Waals surface area (Å²) in [6.45, 7) is 8.04. The van der Waals surface area contributed by atoms with E-state index in [0.717, 1.165) is 5.69 Å². The van der Waals surface area contributed by atoms with Crippen molar-refractivity contribution in [3.05, 3.63) is 29.8 Å². The van der Waals surface area contributed by atoms with Crippen molar-refractivity contribution in [1.29, 1.82) is 0 Å². The number of nitrogens with one attached hydrogen (secondary N) is 2. The van der Waals surface area contributed by atoms with Crippen molar-refractivity contribution >= 4 is 17.6 Å². The maximum Gasteiger partial charge on any atom is 0.407 e. The first kappa shape index (κ1) is 16.0. The minimum atomic E-state index is -0.486. The number of alkyl carbamates (subject to hydrolysis) is 1. The predicted octanol–water partition coefficient (Wildman–Crippen LogP) is 2.83. The molecule has 0 unspecified atom stereocenters. The topological polar surface area (TPSA) is 67.4 Å². The van der Waals surface area contributed by atoms with E-state index < -0.39 is 11.7 Å². The Balaban J connectivity index is 2.27. The Morgan fingerprint density at radius 3 is 2.20 bits per heavy atom. The van der Waals surface area contributed by atoms with Crippen LogP contribution in [-0.4, -0.2) is 30.6 Å². The van der Waals surface area contributed by atoms with Crippen molar-refractivity contribution in [2.45, 2.75) is 33.3 Å². The highest BCUT2D eigenvalue weighted by molar-refractivity contribution is 5.94. The number of benzene rings is 1. The molecule has 5 heteroatoms. The summed E-state index contributed by atoms with van der Waals surface area (Å²) in [6, 6.07) is 7.21. The molecule has 0 bridgehead atoms. The molecule has 0 aliphatic heterocycles. The number of ether oxygens (including phenoxy) is 1. The van der Waals surface area contributed by atoms with Crippen molar-refractivity contribution < 1.29 is 14.3 Å². The van der Waals surface area contributed by atoms with E-state index in [9.17, 15) is 9.59 Å². The molecule has 110 valence electrons. The summed E-state index contributed by atoms with van der Waals surface area (Å²) < 4.78 is 5.12. The lowest BCUT2D eigenvalue weighted by Crippen LogP contribution is -2.34. The minimum Gasteiger partial charge on any atom is -0.444 e. The smallest absolute Gasteiger partial charge is 0.407 e. The molecular weight excluding hydrogens is 256 g/mol. The first-order chi connectivity index (χ1) is 9.28. The summed E-state index contributed by atoms with van der Waals surface area (Å²) in [5.74, 6) is 0.0446. The Hall–Kier alpha value is -2.04. The van der Waals surface area contributed by atoms with E-state index in [-0.39, 0.29) is 5.78 Å². The Bertz CT molecular complexity index is 461. The number of hydrogen-bond acceptors (Lipinski definition) is 4. The van der Waals surface area contributed by atoms with Crippen LogP contribution in [0, 0.1) is 0 Å². The van der Waals surface area contributed by atoms with Gasteiger partial charge < -0.3 is 15.4 Å². The summed E-state index contributed by atoms with van der Waals surface area (Å²) in [6.07, 6.45) is -0.425. The van der Waals surface area contributed by atoms with Gasteiger partial charge in [0.1, 0.15) is 5.60 Å². The van der Waals surface area contributed by atoms with Gasteiger partial charge in [0, 0.05) is 24.3 Å². The molecular formula is C15H22N2O3. The number of anilines is 1. The van der Waals surface area contributed by atoms with E-state index >= 15 is 0 Å². The molecule has 0 saturated carbocycles. The molecule has 0 atom stereocenters. The number of carbonyl (C=O) groups excluding carboxylic acids is 2. The van der Waals surface area contributed by atoms with Crippen molar-refractivity contribution in [2.75, 3.05) is 18.4 Å². The lowest BCUT2D eigenvalue weighted by atomic mass is 10.1. The third-order valence-electron chi connectivity index (χ3n) is 2.41. The lowest BCUT2D eigenvalue weighted by Gasteiger charge is -2.19. The molecule has 1 aromatic rings.